The molecule has 0 spiro atoms. The Kier molecular flexibility index (Phi) is 7.15. The van der Waals surface area contributed by atoms with Crippen molar-refractivity contribution in [2.75, 3.05) is 6.54 Å². The SMILES string of the molecule is CCCC(N)CC(=O)NCC(O)C(F)F. The summed E-state index contributed by atoms with van der Waals surface area (Å²) < 4.78 is 23.7. The number of hydrogen-bond donors (Lipinski definition) is 3. The molecule has 0 rings (SSSR count). The number of aliphatic hydroxyl groups is 1. The lowest BCUT2D eigenvalue weighted by molar-refractivity contribution is -0.122. The van der Waals surface area contributed by atoms with Gasteiger partial charge in [-0.25, -0.2) is 8.78 Å². The summed E-state index contributed by atoms with van der Waals surface area (Å²) >= 11 is 0. The predicted molar refractivity (Wildman–Crippen MR) is 52.5 cm³/mol. The highest BCUT2D eigenvalue weighted by molar-refractivity contribution is 5.76. The van der Waals surface area contributed by atoms with Gasteiger partial charge in [0.05, 0.1) is 0 Å². The minimum Gasteiger partial charge on any atom is -0.385 e. The van der Waals surface area contributed by atoms with Crippen molar-refractivity contribution in [3.8, 4) is 0 Å². The number of aliphatic hydroxyl groups excluding tert-OH is 1. The fraction of sp³-hybridized carbons (Fsp3) is 0.889. The fourth-order valence-electron chi connectivity index (χ4n) is 1.09. The van der Waals surface area contributed by atoms with Gasteiger partial charge in [0.15, 0.2) is 0 Å². The Balaban J connectivity index is 3.66. The standard InChI is InChI=1S/C9H18F2N2O2/c1-2-3-6(12)4-8(15)13-5-7(14)9(10)11/h6-7,9,14H,2-5,12H2,1H3,(H,13,15). The molecule has 0 aliphatic carbocycles. The number of carbonyl (C=O) groups is 1. The van der Waals surface area contributed by atoms with Crippen molar-refractivity contribution in [3.63, 3.8) is 0 Å². The Morgan fingerprint density at radius 1 is 1.53 bits per heavy atom. The van der Waals surface area contributed by atoms with Crippen LogP contribution in [0.5, 0.6) is 0 Å². The summed E-state index contributed by atoms with van der Waals surface area (Å²) in [5, 5.41) is 10.9. The van der Waals surface area contributed by atoms with Gasteiger partial charge < -0.3 is 16.2 Å². The van der Waals surface area contributed by atoms with E-state index in [4.69, 9.17) is 10.8 Å². The maximum Gasteiger partial charge on any atom is 0.265 e. The number of amides is 1. The molecule has 90 valence electrons. The van der Waals surface area contributed by atoms with E-state index in [-0.39, 0.29) is 12.5 Å². The number of hydrogen-bond acceptors (Lipinski definition) is 3. The Hall–Kier alpha value is -0.750. The van der Waals surface area contributed by atoms with E-state index in [9.17, 15) is 13.6 Å². The fourth-order valence-corrected chi connectivity index (χ4v) is 1.09. The zero-order valence-corrected chi connectivity index (χ0v) is 8.75. The average molecular weight is 224 g/mol. The Morgan fingerprint density at radius 2 is 2.13 bits per heavy atom. The number of rotatable bonds is 7. The molecular weight excluding hydrogens is 206 g/mol. The topological polar surface area (TPSA) is 75.4 Å². The smallest absolute Gasteiger partial charge is 0.265 e. The molecule has 0 heterocycles. The van der Waals surface area contributed by atoms with Crippen LogP contribution in [-0.2, 0) is 4.79 Å². The van der Waals surface area contributed by atoms with E-state index >= 15 is 0 Å². The van der Waals surface area contributed by atoms with Crippen molar-refractivity contribution in [3.05, 3.63) is 0 Å². The van der Waals surface area contributed by atoms with Crippen molar-refractivity contribution in [2.45, 2.75) is 44.8 Å². The first-order valence-electron chi connectivity index (χ1n) is 4.95. The van der Waals surface area contributed by atoms with Crippen LogP contribution >= 0.6 is 0 Å². The molecule has 4 nitrogen and oxygen atoms in total. The number of carbonyl (C=O) groups excluding carboxylic acids is 1. The lowest BCUT2D eigenvalue weighted by atomic mass is 10.1. The highest BCUT2D eigenvalue weighted by atomic mass is 19.3. The molecule has 0 aliphatic heterocycles. The number of nitrogens with two attached hydrogens (primary N) is 1. The summed E-state index contributed by atoms with van der Waals surface area (Å²) in [6.07, 6.45) is -2.96. The van der Waals surface area contributed by atoms with Gasteiger partial charge in [0.1, 0.15) is 6.10 Å². The molecule has 0 aromatic carbocycles. The van der Waals surface area contributed by atoms with E-state index in [1.165, 1.54) is 0 Å². The summed E-state index contributed by atoms with van der Waals surface area (Å²) in [7, 11) is 0. The lowest BCUT2D eigenvalue weighted by Crippen LogP contribution is -2.38. The highest BCUT2D eigenvalue weighted by Crippen LogP contribution is 2.00. The van der Waals surface area contributed by atoms with Crippen LogP contribution in [-0.4, -0.2) is 36.1 Å². The molecule has 0 radical (unpaired) electrons. The lowest BCUT2D eigenvalue weighted by Gasteiger charge is -2.13. The summed E-state index contributed by atoms with van der Waals surface area (Å²) in [6.45, 7) is 1.51. The molecule has 0 aliphatic rings. The second-order valence-corrected chi connectivity index (χ2v) is 3.46. The molecule has 15 heavy (non-hydrogen) atoms. The molecule has 6 heteroatoms. The third-order valence-electron chi connectivity index (χ3n) is 1.91. The van der Waals surface area contributed by atoms with E-state index in [2.05, 4.69) is 5.32 Å². The first-order chi connectivity index (χ1) is 6.97. The van der Waals surface area contributed by atoms with E-state index in [0.717, 1.165) is 6.42 Å². The molecule has 1 amide bonds. The van der Waals surface area contributed by atoms with Crippen LogP contribution in [0.15, 0.2) is 0 Å². The minimum absolute atomic E-state index is 0.101. The van der Waals surface area contributed by atoms with Crippen LogP contribution in [0.1, 0.15) is 26.2 Å². The van der Waals surface area contributed by atoms with Gasteiger partial charge in [-0.05, 0) is 6.42 Å². The van der Waals surface area contributed by atoms with Gasteiger partial charge in [-0.15, -0.1) is 0 Å². The summed E-state index contributed by atoms with van der Waals surface area (Å²) in [4.78, 5) is 11.1. The van der Waals surface area contributed by atoms with E-state index < -0.39 is 25.0 Å². The minimum atomic E-state index is -2.84. The van der Waals surface area contributed by atoms with Crippen LogP contribution in [0.3, 0.4) is 0 Å². The number of halogens is 2. The van der Waals surface area contributed by atoms with Gasteiger partial charge in [-0.3, -0.25) is 4.79 Å². The molecule has 4 N–H and O–H groups in total. The van der Waals surface area contributed by atoms with Crippen LogP contribution in [0.25, 0.3) is 0 Å². The first kappa shape index (κ1) is 14.2. The van der Waals surface area contributed by atoms with Crippen molar-refractivity contribution in [1.82, 2.24) is 5.32 Å². The monoisotopic (exact) mass is 224 g/mol. The Labute approximate surface area is 87.8 Å². The molecule has 0 aromatic rings. The first-order valence-corrected chi connectivity index (χ1v) is 4.95. The molecule has 0 fully saturated rings. The normalized spacial score (nSPS) is 15.1. The van der Waals surface area contributed by atoms with Gasteiger partial charge >= 0.3 is 0 Å². The summed E-state index contributed by atoms with van der Waals surface area (Å²) in [5.74, 6) is -0.407. The van der Waals surface area contributed by atoms with Crippen LogP contribution in [0, 0.1) is 0 Å². The predicted octanol–water partition coefficient (Wildman–Crippen LogP) is 0.246. The van der Waals surface area contributed by atoms with E-state index in [1.54, 1.807) is 0 Å². The third-order valence-corrected chi connectivity index (χ3v) is 1.91. The third kappa shape index (κ3) is 7.21. The molecule has 2 unspecified atom stereocenters. The maximum atomic E-state index is 11.8. The van der Waals surface area contributed by atoms with Gasteiger partial charge in [0, 0.05) is 19.0 Å². The zero-order valence-electron chi connectivity index (χ0n) is 8.75. The van der Waals surface area contributed by atoms with Crippen molar-refractivity contribution in [2.24, 2.45) is 5.73 Å². The Bertz CT molecular complexity index is 191. The zero-order chi connectivity index (χ0) is 11.8. The van der Waals surface area contributed by atoms with Crippen molar-refractivity contribution < 1.29 is 18.7 Å². The summed E-state index contributed by atoms with van der Waals surface area (Å²) in [6, 6.07) is -0.251. The quantitative estimate of drug-likeness (QED) is 0.580. The molecular formula is C9H18F2N2O2. The van der Waals surface area contributed by atoms with Gasteiger partial charge in [-0.2, -0.15) is 0 Å². The van der Waals surface area contributed by atoms with E-state index in [0.29, 0.717) is 6.42 Å². The molecule has 0 aromatic heterocycles. The van der Waals surface area contributed by atoms with Gasteiger partial charge in [0.2, 0.25) is 5.91 Å². The van der Waals surface area contributed by atoms with Crippen LogP contribution < -0.4 is 11.1 Å². The molecule has 0 saturated carbocycles. The second-order valence-electron chi connectivity index (χ2n) is 3.46. The van der Waals surface area contributed by atoms with E-state index in [1.807, 2.05) is 6.92 Å². The van der Waals surface area contributed by atoms with Gasteiger partial charge in [-0.1, -0.05) is 13.3 Å². The highest BCUT2D eigenvalue weighted by Gasteiger charge is 2.17. The van der Waals surface area contributed by atoms with Crippen LogP contribution in [0.4, 0.5) is 8.78 Å². The molecule has 2 atom stereocenters. The number of nitrogens with one attached hydrogen (secondary N) is 1. The molecule has 0 saturated heterocycles. The second kappa shape index (κ2) is 7.53. The van der Waals surface area contributed by atoms with Crippen molar-refractivity contribution >= 4 is 5.91 Å². The maximum absolute atomic E-state index is 11.8. The van der Waals surface area contributed by atoms with Crippen LogP contribution in [0.2, 0.25) is 0 Å². The van der Waals surface area contributed by atoms with Gasteiger partial charge in [0.25, 0.3) is 6.43 Å². The largest absolute Gasteiger partial charge is 0.385 e. The average Bonchev–Trinajstić information content (AvgIpc) is 2.14. The van der Waals surface area contributed by atoms with Crippen molar-refractivity contribution in [1.29, 1.82) is 0 Å². The summed E-state index contributed by atoms with van der Waals surface area (Å²) in [5.41, 5.74) is 5.58. The molecule has 0 bridgehead atoms. The number of alkyl halides is 2. The Morgan fingerprint density at radius 3 is 2.60 bits per heavy atom.